The highest BCUT2D eigenvalue weighted by Gasteiger charge is 2.24. The van der Waals surface area contributed by atoms with E-state index in [2.05, 4.69) is 15.5 Å². The average Bonchev–Trinajstić information content (AvgIpc) is 3.03. The van der Waals surface area contributed by atoms with Crippen LogP contribution in [-0.4, -0.2) is 43.5 Å². The van der Waals surface area contributed by atoms with Gasteiger partial charge in [-0.05, 0) is 12.8 Å². The number of carbonyl (C=O) groups is 2. The van der Waals surface area contributed by atoms with Gasteiger partial charge in [0.15, 0.2) is 5.16 Å². The zero-order chi connectivity index (χ0) is 13.1. The third kappa shape index (κ3) is 3.36. The lowest BCUT2D eigenvalue weighted by atomic mass is 10.5. The number of nitrogens with one attached hydrogen (secondary N) is 2. The van der Waals surface area contributed by atoms with E-state index >= 15 is 0 Å². The van der Waals surface area contributed by atoms with Crippen molar-refractivity contribution in [3.05, 3.63) is 10.5 Å². The molecule has 0 aromatic carbocycles. The van der Waals surface area contributed by atoms with Gasteiger partial charge < -0.3 is 10.4 Å². The standard InChI is InChI=1S/C9H12N4O4S/c14-6(10-5-1-2-5)3-13-8(17)11-12-9(13)18-4-7(15)16/h5H,1-4H2,(H,10,14)(H,11,17)(H,15,16). The Hall–Kier alpha value is -1.77. The van der Waals surface area contributed by atoms with Crippen molar-refractivity contribution in [3.63, 3.8) is 0 Å². The minimum atomic E-state index is -1.01. The maximum atomic E-state index is 11.6. The molecule has 1 aromatic rings. The molecule has 1 heterocycles. The van der Waals surface area contributed by atoms with Gasteiger partial charge in [0.25, 0.3) is 0 Å². The lowest BCUT2D eigenvalue weighted by molar-refractivity contribution is -0.133. The third-order valence-electron chi connectivity index (χ3n) is 2.29. The third-order valence-corrected chi connectivity index (χ3v) is 3.25. The Morgan fingerprint density at radius 2 is 2.28 bits per heavy atom. The van der Waals surface area contributed by atoms with Crippen LogP contribution in [0.15, 0.2) is 9.95 Å². The number of H-pyrrole nitrogens is 1. The molecule has 18 heavy (non-hydrogen) atoms. The van der Waals surface area contributed by atoms with E-state index in [4.69, 9.17) is 5.11 Å². The number of carboxylic acid groups (broad SMARTS) is 1. The van der Waals surface area contributed by atoms with Crippen LogP contribution >= 0.6 is 11.8 Å². The summed E-state index contributed by atoms with van der Waals surface area (Å²) < 4.78 is 1.13. The zero-order valence-electron chi connectivity index (χ0n) is 9.38. The maximum absolute atomic E-state index is 11.6. The van der Waals surface area contributed by atoms with Crippen LogP contribution in [0.5, 0.6) is 0 Å². The number of nitrogens with zero attached hydrogens (tertiary/aromatic N) is 2. The number of carboxylic acids is 1. The van der Waals surface area contributed by atoms with Crippen LogP contribution in [0.4, 0.5) is 0 Å². The molecule has 98 valence electrons. The van der Waals surface area contributed by atoms with Gasteiger partial charge in [0.05, 0.1) is 5.75 Å². The summed E-state index contributed by atoms with van der Waals surface area (Å²) >= 11 is 0.894. The first-order chi connectivity index (χ1) is 8.56. The fraction of sp³-hybridized carbons (Fsp3) is 0.556. The van der Waals surface area contributed by atoms with E-state index in [1.165, 1.54) is 0 Å². The topological polar surface area (TPSA) is 117 Å². The molecule has 3 N–H and O–H groups in total. The van der Waals surface area contributed by atoms with Gasteiger partial charge in [-0.2, -0.15) is 0 Å². The number of rotatable bonds is 6. The number of aromatic amines is 1. The summed E-state index contributed by atoms with van der Waals surface area (Å²) in [5.74, 6) is -1.49. The summed E-state index contributed by atoms with van der Waals surface area (Å²) in [5, 5.41) is 17.4. The van der Waals surface area contributed by atoms with Crippen LogP contribution in [0, 0.1) is 0 Å². The van der Waals surface area contributed by atoms with Crippen LogP contribution in [0.2, 0.25) is 0 Å². The molecular weight excluding hydrogens is 260 g/mol. The van der Waals surface area contributed by atoms with Crippen molar-refractivity contribution in [2.75, 3.05) is 5.75 Å². The monoisotopic (exact) mass is 272 g/mol. The van der Waals surface area contributed by atoms with Crippen molar-refractivity contribution in [2.24, 2.45) is 0 Å². The second-order valence-corrected chi connectivity index (χ2v) is 4.86. The lowest BCUT2D eigenvalue weighted by Gasteiger charge is -2.05. The van der Waals surface area contributed by atoms with Crippen LogP contribution in [0.1, 0.15) is 12.8 Å². The molecule has 2 rings (SSSR count). The van der Waals surface area contributed by atoms with E-state index in [9.17, 15) is 14.4 Å². The molecule has 0 spiro atoms. The smallest absolute Gasteiger partial charge is 0.344 e. The van der Waals surface area contributed by atoms with E-state index in [0.29, 0.717) is 0 Å². The van der Waals surface area contributed by atoms with Gasteiger partial charge in [-0.3, -0.25) is 14.2 Å². The minimum absolute atomic E-state index is 0.145. The Balaban J connectivity index is 2.00. The first-order valence-electron chi connectivity index (χ1n) is 5.35. The molecule has 0 aliphatic heterocycles. The molecule has 9 heteroatoms. The van der Waals surface area contributed by atoms with Crippen LogP contribution < -0.4 is 11.0 Å². The van der Waals surface area contributed by atoms with Crippen LogP contribution in [0.25, 0.3) is 0 Å². The van der Waals surface area contributed by atoms with Crippen LogP contribution in [0.3, 0.4) is 0 Å². The molecule has 8 nitrogen and oxygen atoms in total. The molecule has 1 amide bonds. The number of hydrogen-bond donors (Lipinski definition) is 3. The minimum Gasteiger partial charge on any atom is -0.481 e. The summed E-state index contributed by atoms with van der Waals surface area (Å²) in [4.78, 5) is 33.4. The average molecular weight is 272 g/mol. The highest BCUT2D eigenvalue weighted by molar-refractivity contribution is 7.99. The number of thioether (sulfide) groups is 1. The number of carbonyl (C=O) groups excluding carboxylic acids is 1. The molecule has 1 aliphatic rings. The SMILES string of the molecule is O=C(O)CSc1n[nH]c(=O)n1CC(=O)NC1CC1. The van der Waals surface area contributed by atoms with Gasteiger partial charge in [-0.1, -0.05) is 11.8 Å². The first-order valence-corrected chi connectivity index (χ1v) is 6.34. The summed E-state index contributed by atoms with van der Waals surface area (Å²) in [7, 11) is 0. The molecular formula is C9H12N4O4S. The van der Waals surface area contributed by atoms with Gasteiger partial charge in [0, 0.05) is 6.04 Å². The predicted molar refractivity (Wildman–Crippen MR) is 62.4 cm³/mol. The van der Waals surface area contributed by atoms with Crippen molar-refractivity contribution in [2.45, 2.75) is 30.6 Å². The van der Waals surface area contributed by atoms with Gasteiger partial charge in [0.1, 0.15) is 6.54 Å². The van der Waals surface area contributed by atoms with E-state index in [-0.39, 0.29) is 29.4 Å². The zero-order valence-corrected chi connectivity index (χ0v) is 10.2. The number of aliphatic carboxylic acids is 1. The first kappa shape index (κ1) is 12.7. The molecule has 1 saturated carbocycles. The Labute approximate surface area is 106 Å². The molecule has 0 saturated heterocycles. The number of amides is 1. The summed E-state index contributed by atoms with van der Waals surface area (Å²) in [6.07, 6.45) is 1.93. The Morgan fingerprint density at radius 3 is 2.89 bits per heavy atom. The van der Waals surface area contributed by atoms with Crippen LogP contribution in [-0.2, 0) is 16.1 Å². The highest BCUT2D eigenvalue weighted by atomic mass is 32.2. The molecule has 1 aliphatic carbocycles. The Morgan fingerprint density at radius 1 is 1.56 bits per heavy atom. The van der Waals surface area contributed by atoms with E-state index < -0.39 is 11.7 Å². The van der Waals surface area contributed by atoms with Crippen molar-refractivity contribution < 1.29 is 14.7 Å². The van der Waals surface area contributed by atoms with Crippen molar-refractivity contribution >= 4 is 23.6 Å². The summed E-state index contributed by atoms with van der Waals surface area (Å²) in [6.45, 7) is -0.145. The molecule has 0 atom stereocenters. The van der Waals surface area contributed by atoms with E-state index in [1.54, 1.807) is 0 Å². The Bertz CT molecular complexity index is 519. The summed E-state index contributed by atoms with van der Waals surface area (Å²) in [5.41, 5.74) is -0.520. The molecule has 1 aromatic heterocycles. The van der Waals surface area contributed by atoms with Gasteiger partial charge in [0.2, 0.25) is 5.91 Å². The predicted octanol–water partition coefficient (Wildman–Crippen LogP) is -0.973. The van der Waals surface area contributed by atoms with E-state index in [1.807, 2.05) is 0 Å². The van der Waals surface area contributed by atoms with Gasteiger partial charge in [-0.25, -0.2) is 9.89 Å². The lowest BCUT2D eigenvalue weighted by Crippen LogP contribution is -2.33. The normalized spacial score (nSPS) is 14.4. The van der Waals surface area contributed by atoms with Crippen molar-refractivity contribution in [3.8, 4) is 0 Å². The second-order valence-electron chi connectivity index (χ2n) is 3.92. The fourth-order valence-electron chi connectivity index (χ4n) is 1.32. The van der Waals surface area contributed by atoms with Gasteiger partial charge in [-0.15, -0.1) is 5.10 Å². The molecule has 0 unspecified atom stereocenters. The van der Waals surface area contributed by atoms with E-state index in [0.717, 1.165) is 29.2 Å². The quantitative estimate of drug-likeness (QED) is 0.573. The molecule has 0 bridgehead atoms. The van der Waals surface area contributed by atoms with Crippen molar-refractivity contribution in [1.82, 2.24) is 20.1 Å². The fourth-order valence-corrected chi connectivity index (χ4v) is 1.99. The number of aromatic nitrogens is 3. The largest absolute Gasteiger partial charge is 0.481 e. The summed E-state index contributed by atoms with van der Waals surface area (Å²) in [6, 6.07) is 0.218. The highest BCUT2D eigenvalue weighted by Crippen LogP contribution is 2.18. The molecule has 1 fully saturated rings. The number of hydrogen-bond acceptors (Lipinski definition) is 5. The van der Waals surface area contributed by atoms with Crippen molar-refractivity contribution in [1.29, 1.82) is 0 Å². The Kier molecular flexibility index (Phi) is 3.70. The molecule has 0 radical (unpaired) electrons. The van der Waals surface area contributed by atoms with Gasteiger partial charge >= 0.3 is 11.7 Å². The maximum Gasteiger partial charge on any atom is 0.344 e. The second kappa shape index (κ2) is 5.25.